The lowest BCUT2D eigenvalue weighted by Gasteiger charge is -2.35. The van der Waals surface area contributed by atoms with Gasteiger partial charge in [0.2, 0.25) is 0 Å². The first-order valence-corrected chi connectivity index (χ1v) is 8.72. The van der Waals surface area contributed by atoms with Gasteiger partial charge in [0.1, 0.15) is 17.0 Å². The summed E-state index contributed by atoms with van der Waals surface area (Å²) in [5.41, 5.74) is 0. The molecule has 0 aliphatic heterocycles. The minimum atomic E-state index is 0.578. The van der Waals surface area contributed by atoms with Crippen molar-refractivity contribution < 1.29 is 0 Å². The maximum Gasteiger partial charge on any atom is 0.138 e. The number of anilines is 1. The van der Waals surface area contributed by atoms with Crippen molar-refractivity contribution >= 4 is 27.4 Å². The van der Waals surface area contributed by atoms with Gasteiger partial charge in [-0.2, -0.15) is 0 Å². The quantitative estimate of drug-likeness (QED) is 0.916. The van der Waals surface area contributed by atoms with Gasteiger partial charge in [-0.3, -0.25) is 0 Å². The molecule has 0 radical (unpaired) electrons. The summed E-state index contributed by atoms with van der Waals surface area (Å²) in [5, 5.41) is 6.79. The molecule has 5 heteroatoms. The fourth-order valence-corrected chi connectivity index (χ4v) is 4.15. The summed E-state index contributed by atoms with van der Waals surface area (Å²) in [6.07, 6.45) is 8.57. The number of rotatable bonds is 5. The van der Waals surface area contributed by atoms with Gasteiger partial charge in [0, 0.05) is 12.6 Å². The maximum atomic E-state index is 4.42. The number of fused-ring (bicyclic) bond motifs is 1. The normalized spacial score (nSPS) is 18.2. The molecule has 0 spiro atoms. The highest BCUT2D eigenvalue weighted by atomic mass is 32.1. The van der Waals surface area contributed by atoms with E-state index < -0.39 is 0 Å². The van der Waals surface area contributed by atoms with Gasteiger partial charge in [-0.05, 0) is 44.3 Å². The van der Waals surface area contributed by atoms with Crippen LogP contribution in [0.5, 0.6) is 0 Å². The molecule has 2 heterocycles. The first kappa shape index (κ1) is 14.7. The molecule has 2 aromatic heterocycles. The lowest BCUT2D eigenvalue weighted by molar-refractivity contribution is 0.179. The zero-order valence-electron chi connectivity index (χ0n) is 12.9. The summed E-state index contributed by atoms with van der Waals surface area (Å²) in [6.45, 7) is 0.958. The van der Waals surface area contributed by atoms with E-state index in [1.165, 1.54) is 32.1 Å². The van der Waals surface area contributed by atoms with E-state index in [1.807, 2.05) is 0 Å². The fraction of sp³-hybridized carbons (Fsp3) is 0.625. The molecule has 0 amide bonds. The van der Waals surface area contributed by atoms with Crippen molar-refractivity contribution in [3.63, 3.8) is 0 Å². The lowest BCUT2D eigenvalue weighted by atomic mass is 9.83. The minimum absolute atomic E-state index is 0.578. The second-order valence-corrected chi connectivity index (χ2v) is 7.07. The molecular formula is C16H24N4S. The molecular weight excluding hydrogens is 280 g/mol. The van der Waals surface area contributed by atoms with Gasteiger partial charge in [-0.15, -0.1) is 11.3 Å². The summed E-state index contributed by atoms with van der Waals surface area (Å²) in [7, 11) is 4.39. The number of nitrogens with zero attached hydrogens (tertiary/aromatic N) is 3. The number of thiophene rings is 1. The van der Waals surface area contributed by atoms with Crippen LogP contribution in [0.2, 0.25) is 0 Å². The number of aromatic nitrogens is 2. The number of hydrogen-bond donors (Lipinski definition) is 1. The van der Waals surface area contributed by atoms with Gasteiger partial charge >= 0.3 is 0 Å². The molecule has 4 nitrogen and oxygen atoms in total. The molecule has 0 aromatic carbocycles. The Kier molecular flexibility index (Phi) is 4.70. The monoisotopic (exact) mass is 304 g/mol. The predicted octanol–water partition coefficient (Wildman–Crippen LogP) is 3.61. The zero-order valence-corrected chi connectivity index (χ0v) is 13.7. The van der Waals surface area contributed by atoms with E-state index in [2.05, 4.69) is 45.7 Å². The standard InChI is InChI=1S/C16H24N4S/c1-20(2)14(12-6-4-3-5-7-12)10-17-15-13-8-9-21-16(13)19-11-18-15/h8-9,11-12,14H,3-7,10H2,1-2H3,(H,17,18,19). The van der Waals surface area contributed by atoms with Gasteiger partial charge in [-0.1, -0.05) is 19.3 Å². The van der Waals surface area contributed by atoms with E-state index in [9.17, 15) is 0 Å². The third-order valence-corrected chi connectivity index (χ3v) is 5.42. The summed E-state index contributed by atoms with van der Waals surface area (Å²) < 4.78 is 0. The Morgan fingerprint density at radius 1 is 1.29 bits per heavy atom. The SMILES string of the molecule is CN(C)C(CNc1ncnc2sccc12)C1CCCCC1. The van der Waals surface area contributed by atoms with Crippen LogP contribution in [0.4, 0.5) is 5.82 Å². The summed E-state index contributed by atoms with van der Waals surface area (Å²) in [6, 6.07) is 2.68. The smallest absolute Gasteiger partial charge is 0.138 e. The fourth-order valence-electron chi connectivity index (χ4n) is 3.42. The van der Waals surface area contributed by atoms with Crippen LogP contribution in [-0.2, 0) is 0 Å². The van der Waals surface area contributed by atoms with Crippen molar-refractivity contribution in [2.45, 2.75) is 38.1 Å². The van der Waals surface area contributed by atoms with Crippen LogP contribution in [0, 0.1) is 5.92 Å². The Hall–Kier alpha value is -1.20. The van der Waals surface area contributed by atoms with E-state index in [0.717, 1.165) is 28.5 Å². The zero-order chi connectivity index (χ0) is 14.7. The molecule has 114 valence electrons. The highest BCUT2D eigenvalue weighted by Gasteiger charge is 2.25. The van der Waals surface area contributed by atoms with Crippen LogP contribution in [0.25, 0.3) is 10.2 Å². The molecule has 1 fully saturated rings. The topological polar surface area (TPSA) is 41.0 Å². The van der Waals surface area contributed by atoms with Crippen molar-refractivity contribution in [3.8, 4) is 0 Å². The molecule has 1 N–H and O–H groups in total. The molecule has 1 unspecified atom stereocenters. The molecule has 3 rings (SSSR count). The van der Waals surface area contributed by atoms with Gasteiger partial charge in [0.15, 0.2) is 0 Å². The molecule has 1 saturated carbocycles. The largest absolute Gasteiger partial charge is 0.368 e. The van der Waals surface area contributed by atoms with E-state index in [0.29, 0.717) is 6.04 Å². The maximum absolute atomic E-state index is 4.42. The van der Waals surface area contributed by atoms with E-state index >= 15 is 0 Å². The van der Waals surface area contributed by atoms with Crippen LogP contribution < -0.4 is 5.32 Å². The summed E-state index contributed by atoms with van der Waals surface area (Å²) >= 11 is 1.67. The van der Waals surface area contributed by atoms with Crippen LogP contribution in [0.3, 0.4) is 0 Å². The minimum Gasteiger partial charge on any atom is -0.368 e. The van der Waals surface area contributed by atoms with Crippen LogP contribution >= 0.6 is 11.3 Å². The van der Waals surface area contributed by atoms with Crippen molar-refractivity contribution in [1.29, 1.82) is 0 Å². The van der Waals surface area contributed by atoms with Crippen molar-refractivity contribution in [2.75, 3.05) is 26.0 Å². The number of likely N-dealkylation sites (N-methyl/N-ethyl adjacent to an activating group) is 1. The highest BCUT2D eigenvalue weighted by molar-refractivity contribution is 7.16. The molecule has 1 aliphatic rings. The average molecular weight is 304 g/mol. The summed E-state index contributed by atoms with van der Waals surface area (Å²) in [4.78, 5) is 12.2. The second kappa shape index (κ2) is 6.71. The van der Waals surface area contributed by atoms with Crippen LogP contribution in [0.15, 0.2) is 17.8 Å². The average Bonchev–Trinajstić information content (AvgIpc) is 2.97. The van der Waals surface area contributed by atoms with Gasteiger partial charge in [0.05, 0.1) is 5.39 Å². The molecule has 0 bridgehead atoms. The predicted molar refractivity (Wildman–Crippen MR) is 90.0 cm³/mol. The van der Waals surface area contributed by atoms with Gasteiger partial charge < -0.3 is 10.2 Å². The third-order valence-electron chi connectivity index (χ3n) is 4.60. The second-order valence-electron chi connectivity index (χ2n) is 6.17. The molecule has 1 atom stereocenters. The third kappa shape index (κ3) is 3.35. The Balaban J connectivity index is 1.70. The van der Waals surface area contributed by atoms with Gasteiger partial charge in [-0.25, -0.2) is 9.97 Å². The highest BCUT2D eigenvalue weighted by Crippen LogP contribution is 2.29. The van der Waals surface area contributed by atoms with E-state index in [-0.39, 0.29) is 0 Å². The van der Waals surface area contributed by atoms with Gasteiger partial charge in [0.25, 0.3) is 0 Å². The Labute approximate surface area is 130 Å². The van der Waals surface area contributed by atoms with Crippen molar-refractivity contribution in [1.82, 2.24) is 14.9 Å². The van der Waals surface area contributed by atoms with Crippen LogP contribution in [-0.4, -0.2) is 41.5 Å². The molecule has 0 saturated heterocycles. The lowest BCUT2D eigenvalue weighted by Crippen LogP contribution is -2.41. The van der Waals surface area contributed by atoms with Crippen molar-refractivity contribution in [3.05, 3.63) is 17.8 Å². The molecule has 2 aromatic rings. The Bertz CT molecular complexity index is 574. The first-order valence-electron chi connectivity index (χ1n) is 7.84. The Morgan fingerprint density at radius 3 is 2.86 bits per heavy atom. The molecule has 1 aliphatic carbocycles. The molecule has 21 heavy (non-hydrogen) atoms. The van der Waals surface area contributed by atoms with Crippen molar-refractivity contribution in [2.24, 2.45) is 5.92 Å². The summed E-state index contributed by atoms with van der Waals surface area (Å²) in [5.74, 6) is 1.78. The van der Waals surface area contributed by atoms with E-state index in [1.54, 1.807) is 17.7 Å². The Morgan fingerprint density at radius 2 is 2.10 bits per heavy atom. The number of hydrogen-bond acceptors (Lipinski definition) is 5. The first-order chi connectivity index (χ1) is 10.3. The number of nitrogens with one attached hydrogen (secondary N) is 1. The van der Waals surface area contributed by atoms with Crippen LogP contribution in [0.1, 0.15) is 32.1 Å². The van der Waals surface area contributed by atoms with E-state index in [4.69, 9.17) is 0 Å².